The van der Waals surface area contributed by atoms with Crippen LogP contribution in [0, 0.1) is 0 Å². The van der Waals surface area contributed by atoms with E-state index in [0.717, 1.165) is 6.26 Å². The van der Waals surface area contributed by atoms with Crippen LogP contribution in [-0.2, 0) is 33.3 Å². The zero-order valence-electron chi connectivity index (χ0n) is 14.1. The van der Waals surface area contributed by atoms with Crippen molar-refractivity contribution < 1.29 is 36.4 Å². The molecule has 1 aromatic carbocycles. The van der Waals surface area contributed by atoms with Crippen LogP contribution in [0.25, 0.3) is 0 Å². The molecule has 0 spiro atoms. The second-order valence-corrected chi connectivity index (χ2v) is 7.29. The van der Waals surface area contributed by atoms with Gasteiger partial charge in [-0.05, 0) is 19.1 Å². The summed E-state index contributed by atoms with van der Waals surface area (Å²) in [4.78, 5) is 23.4. The van der Waals surface area contributed by atoms with Gasteiger partial charge in [0.1, 0.15) is 6.10 Å². The second kappa shape index (κ2) is 7.94. The normalized spacial score (nSPS) is 26.7. The number of hydrogen-bond donors (Lipinski definition) is 0. The molecule has 0 bridgehead atoms. The van der Waals surface area contributed by atoms with E-state index in [1.165, 1.54) is 6.92 Å². The number of rotatable bonds is 5. The van der Waals surface area contributed by atoms with Crippen molar-refractivity contribution in [3.8, 4) is 0 Å². The van der Waals surface area contributed by atoms with E-state index in [2.05, 4.69) is 0 Å². The Morgan fingerprint density at radius 2 is 1.80 bits per heavy atom. The van der Waals surface area contributed by atoms with Crippen molar-refractivity contribution in [3.05, 3.63) is 35.9 Å². The molecule has 8 nitrogen and oxygen atoms in total. The van der Waals surface area contributed by atoms with E-state index in [1.807, 2.05) is 0 Å². The first-order valence-corrected chi connectivity index (χ1v) is 9.44. The van der Waals surface area contributed by atoms with Crippen LogP contribution in [0.1, 0.15) is 30.6 Å². The van der Waals surface area contributed by atoms with E-state index in [1.54, 1.807) is 37.3 Å². The van der Waals surface area contributed by atoms with Crippen molar-refractivity contribution in [3.63, 3.8) is 0 Å². The molecular weight excluding hydrogens is 352 g/mol. The fraction of sp³-hybridized carbons (Fsp3) is 0.500. The van der Waals surface area contributed by atoms with Crippen molar-refractivity contribution in [2.45, 2.75) is 44.9 Å². The van der Waals surface area contributed by atoms with Gasteiger partial charge in [0.15, 0.2) is 6.10 Å². The number of benzene rings is 1. The fourth-order valence-corrected chi connectivity index (χ4v) is 3.15. The minimum Gasteiger partial charge on any atom is -0.453 e. The van der Waals surface area contributed by atoms with E-state index in [9.17, 15) is 18.0 Å². The lowest BCUT2D eigenvalue weighted by atomic mass is 10.0. The lowest BCUT2D eigenvalue weighted by Gasteiger charge is -2.38. The van der Waals surface area contributed by atoms with Crippen LogP contribution >= 0.6 is 0 Å². The van der Waals surface area contributed by atoms with Crippen LogP contribution in [0.4, 0.5) is 0 Å². The number of hydrogen-bond acceptors (Lipinski definition) is 8. The van der Waals surface area contributed by atoms with Gasteiger partial charge >= 0.3 is 11.9 Å². The summed E-state index contributed by atoms with van der Waals surface area (Å²) < 4.78 is 44.0. The molecule has 0 unspecified atom stereocenters. The van der Waals surface area contributed by atoms with Crippen LogP contribution in [0.3, 0.4) is 0 Å². The van der Waals surface area contributed by atoms with Gasteiger partial charge in [0.25, 0.3) is 10.1 Å². The zero-order chi connectivity index (χ0) is 18.6. The van der Waals surface area contributed by atoms with Gasteiger partial charge in [0.05, 0.1) is 17.9 Å². The Balaban J connectivity index is 2.17. The molecule has 0 saturated carbocycles. The Morgan fingerprint density at radius 1 is 1.16 bits per heavy atom. The molecule has 0 radical (unpaired) electrons. The molecule has 138 valence electrons. The second-order valence-electron chi connectivity index (χ2n) is 5.69. The third kappa shape index (κ3) is 5.80. The molecule has 1 saturated heterocycles. The van der Waals surface area contributed by atoms with Crippen LogP contribution in [0.15, 0.2) is 30.3 Å². The fourth-order valence-electron chi connectivity index (χ4n) is 2.52. The van der Waals surface area contributed by atoms with Gasteiger partial charge in [-0.25, -0.2) is 4.79 Å². The van der Waals surface area contributed by atoms with Crippen molar-refractivity contribution in [1.82, 2.24) is 0 Å². The quantitative estimate of drug-likeness (QED) is 0.562. The largest absolute Gasteiger partial charge is 0.453 e. The number of ether oxygens (including phenoxy) is 3. The molecule has 9 heteroatoms. The highest BCUT2D eigenvalue weighted by molar-refractivity contribution is 7.86. The first-order valence-electron chi connectivity index (χ1n) is 7.62. The maximum atomic E-state index is 12.3. The summed E-state index contributed by atoms with van der Waals surface area (Å²) >= 11 is 0. The number of carbonyl (C=O) groups excluding carboxylic acids is 2. The summed E-state index contributed by atoms with van der Waals surface area (Å²) in [6.45, 7) is 2.79. The highest BCUT2D eigenvalue weighted by Gasteiger charge is 2.43. The lowest BCUT2D eigenvalue weighted by molar-refractivity contribution is -0.236. The molecular formula is C16H20O8S. The third-order valence-corrected chi connectivity index (χ3v) is 4.07. The van der Waals surface area contributed by atoms with Crippen LogP contribution in [-0.4, -0.2) is 51.2 Å². The molecule has 2 rings (SSSR count). The minimum absolute atomic E-state index is 0.0796. The van der Waals surface area contributed by atoms with E-state index >= 15 is 0 Å². The Kier molecular flexibility index (Phi) is 6.15. The molecule has 0 aliphatic carbocycles. The molecule has 4 atom stereocenters. The first kappa shape index (κ1) is 19.4. The van der Waals surface area contributed by atoms with Crippen LogP contribution in [0.5, 0.6) is 0 Å². The molecule has 1 fully saturated rings. The molecule has 25 heavy (non-hydrogen) atoms. The molecule has 1 heterocycles. The monoisotopic (exact) mass is 372 g/mol. The molecule has 0 amide bonds. The van der Waals surface area contributed by atoms with E-state index < -0.39 is 46.7 Å². The Bertz CT molecular complexity index is 715. The van der Waals surface area contributed by atoms with Gasteiger partial charge in [-0.3, -0.25) is 8.98 Å². The van der Waals surface area contributed by atoms with Crippen molar-refractivity contribution in [2.24, 2.45) is 0 Å². The van der Waals surface area contributed by atoms with Gasteiger partial charge < -0.3 is 14.2 Å². The Hall–Kier alpha value is -1.97. The molecule has 0 N–H and O–H groups in total. The summed E-state index contributed by atoms with van der Waals surface area (Å²) in [5.74, 6) is -1.20. The summed E-state index contributed by atoms with van der Waals surface area (Å²) in [6, 6.07) is 8.26. The van der Waals surface area contributed by atoms with Gasteiger partial charge in [-0.15, -0.1) is 0 Å². The van der Waals surface area contributed by atoms with Gasteiger partial charge in [0, 0.05) is 13.3 Å². The van der Waals surface area contributed by atoms with Crippen molar-refractivity contribution in [1.29, 1.82) is 0 Å². The minimum atomic E-state index is -3.82. The Morgan fingerprint density at radius 3 is 2.36 bits per heavy atom. The van der Waals surface area contributed by atoms with Crippen LogP contribution < -0.4 is 0 Å². The summed E-state index contributed by atoms with van der Waals surface area (Å²) in [5.41, 5.74) is 0.315. The smallest absolute Gasteiger partial charge is 0.338 e. The highest BCUT2D eigenvalue weighted by atomic mass is 32.2. The average molecular weight is 372 g/mol. The van der Waals surface area contributed by atoms with Gasteiger partial charge in [-0.1, -0.05) is 18.2 Å². The number of esters is 2. The SMILES string of the molecule is CC(=O)O[C@@H]1C[C@H](OS(C)(=O)=O)[C@H](OC(=O)c2ccccc2)[C@@H](C)O1. The average Bonchev–Trinajstić information content (AvgIpc) is 2.49. The molecule has 1 aliphatic rings. The summed E-state index contributed by atoms with van der Waals surface area (Å²) in [7, 11) is -3.82. The summed E-state index contributed by atoms with van der Waals surface area (Å²) in [6.07, 6.45) is -2.92. The first-order chi connectivity index (χ1) is 11.7. The van der Waals surface area contributed by atoms with E-state index in [0.29, 0.717) is 5.56 Å². The number of carbonyl (C=O) groups is 2. The van der Waals surface area contributed by atoms with Crippen molar-refractivity contribution >= 4 is 22.1 Å². The Labute approximate surface area is 146 Å². The van der Waals surface area contributed by atoms with Crippen molar-refractivity contribution in [2.75, 3.05) is 6.26 Å². The van der Waals surface area contributed by atoms with Gasteiger partial charge in [0.2, 0.25) is 6.29 Å². The van der Waals surface area contributed by atoms with E-state index in [4.69, 9.17) is 18.4 Å². The summed E-state index contributed by atoms with van der Waals surface area (Å²) in [5, 5.41) is 0. The highest BCUT2D eigenvalue weighted by Crippen LogP contribution is 2.27. The van der Waals surface area contributed by atoms with E-state index in [-0.39, 0.29) is 6.42 Å². The predicted octanol–water partition coefficient (Wildman–Crippen LogP) is 1.25. The third-order valence-electron chi connectivity index (χ3n) is 3.47. The van der Waals surface area contributed by atoms with Crippen LogP contribution in [0.2, 0.25) is 0 Å². The zero-order valence-corrected chi connectivity index (χ0v) is 14.9. The predicted molar refractivity (Wildman–Crippen MR) is 86.1 cm³/mol. The molecule has 1 aromatic rings. The molecule has 1 aliphatic heterocycles. The lowest BCUT2D eigenvalue weighted by Crippen LogP contribution is -2.51. The maximum Gasteiger partial charge on any atom is 0.338 e. The van der Waals surface area contributed by atoms with Gasteiger partial charge in [-0.2, -0.15) is 8.42 Å². The standard InChI is InChI=1S/C16H20O8S/c1-10-15(23-16(18)12-7-5-4-6-8-12)13(24-25(3,19)20)9-14(21-10)22-11(2)17/h4-8,10,13-15H,9H2,1-3H3/t10-,13+,14-,15-/m1/s1. The maximum absolute atomic E-state index is 12.3. The topological polar surface area (TPSA) is 105 Å². The molecule has 0 aromatic heterocycles.